The number of aryl methyl sites for hydroxylation is 1. The van der Waals surface area contributed by atoms with E-state index in [0.29, 0.717) is 17.6 Å². The van der Waals surface area contributed by atoms with Crippen molar-refractivity contribution in [3.05, 3.63) is 28.8 Å². The van der Waals surface area contributed by atoms with Crippen molar-refractivity contribution in [1.29, 1.82) is 0 Å². The van der Waals surface area contributed by atoms with Gasteiger partial charge in [-0.2, -0.15) is 0 Å². The molecule has 1 atom stereocenters. The van der Waals surface area contributed by atoms with Gasteiger partial charge in [-0.1, -0.05) is 51.8 Å². The Hall–Kier alpha value is -0.980. The standard InChI is InChI=1S/C15H24O/c1-6-7-12(5)14-9-11(4)8-13(10(2)3)15(14)16/h8-10,12,16H,6-7H2,1-5H3. The van der Waals surface area contributed by atoms with Crippen LogP contribution in [0.1, 0.15) is 69.1 Å². The Bertz CT molecular complexity index is 353. The van der Waals surface area contributed by atoms with Gasteiger partial charge in [0.15, 0.2) is 0 Å². The lowest BCUT2D eigenvalue weighted by Crippen LogP contribution is -1.99. The molecule has 90 valence electrons. The largest absolute Gasteiger partial charge is 0.507 e. The highest BCUT2D eigenvalue weighted by molar-refractivity contribution is 5.46. The van der Waals surface area contributed by atoms with Crippen LogP contribution in [0.5, 0.6) is 5.75 Å². The molecule has 0 aliphatic carbocycles. The second-order valence-electron chi connectivity index (χ2n) is 5.14. The summed E-state index contributed by atoms with van der Waals surface area (Å²) >= 11 is 0. The van der Waals surface area contributed by atoms with Crippen molar-refractivity contribution in [2.24, 2.45) is 0 Å². The number of hydrogen-bond acceptors (Lipinski definition) is 1. The monoisotopic (exact) mass is 220 g/mol. The first-order valence-corrected chi connectivity index (χ1v) is 6.30. The molecule has 0 amide bonds. The van der Waals surface area contributed by atoms with Crippen LogP contribution in [0.25, 0.3) is 0 Å². The molecule has 0 heterocycles. The van der Waals surface area contributed by atoms with Gasteiger partial charge < -0.3 is 5.11 Å². The van der Waals surface area contributed by atoms with E-state index in [1.54, 1.807) is 0 Å². The van der Waals surface area contributed by atoms with Crippen molar-refractivity contribution < 1.29 is 5.11 Å². The predicted octanol–water partition coefficient (Wildman–Crippen LogP) is 4.73. The lowest BCUT2D eigenvalue weighted by Gasteiger charge is -2.18. The molecule has 1 aromatic rings. The third kappa shape index (κ3) is 2.78. The first-order valence-electron chi connectivity index (χ1n) is 6.30. The van der Waals surface area contributed by atoms with E-state index in [2.05, 4.69) is 46.8 Å². The Balaban J connectivity index is 3.18. The maximum atomic E-state index is 10.3. The number of hydrogen-bond donors (Lipinski definition) is 1. The summed E-state index contributed by atoms with van der Waals surface area (Å²) in [6.45, 7) is 10.7. The van der Waals surface area contributed by atoms with Gasteiger partial charge in [0, 0.05) is 0 Å². The molecule has 0 saturated carbocycles. The lowest BCUT2D eigenvalue weighted by atomic mass is 9.89. The zero-order valence-corrected chi connectivity index (χ0v) is 11.2. The van der Waals surface area contributed by atoms with Gasteiger partial charge in [0.1, 0.15) is 5.75 Å². The highest BCUT2D eigenvalue weighted by Gasteiger charge is 2.15. The second-order valence-corrected chi connectivity index (χ2v) is 5.14. The molecule has 0 bridgehead atoms. The number of aromatic hydroxyl groups is 1. The first kappa shape index (κ1) is 13.1. The zero-order valence-electron chi connectivity index (χ0n) is 11.2. The minimum Gasteiger partial charge on any atom is -0.507 e. The Morgan fingerprint density at radius 2 is 1.69 bits per heavy atom. The van der Waals surface area contributed by atoms with Crippen molar-refractivity contribution in [2.75, 3.05) is 0 Å². The van der Waals surface area contributed by atoms with Gasteiger partial charge in [0.25, 0.3) is 0 Å². The van der Waals surface area contributed by atoms with Crippen LogP contribution < -0.4 is 0 Å². The predicted molar refractivity (Wildman–Crippen MR) is 70.3 cm³/mol. The molecular formula is C15H24O. The third-order valence-electron chi connectivity index (χ3n) is 3.19. The summed E-state index contributed by atoms with van der Waals surface area (Å²) in [5.74, 6) is 1.34. The van der Waals surface area contributed by atoms with E-state index < -0.39 is 0 Å². The fourth-order valence-electron chi connectivity index (χ4n) is 2.24. The molecule has 0 fully saturated rings. The highest BCUT2D eigenvalue weighted by Crippen LogP contribution is 2.36. The summed E-state index contributed by atoms with van der Waals surface area (Å²) in [6.07, 6.45) is 2.29. The van der Waals surface area contributed by atoms with E-state index in [0.717, 1.165) is 24.0 Å². The van der Waals surface area contributed by atoms with E-state index in [1.165, 1.54) is 5.56 Å². The average Bonchev–Trinajstić information content (AvgIpc) is 2.20. The molecule has 0 saturated heterocycles. The minimum absolute atomic E-state index is 0.382. The van der Waals surface area contributed by atoms with Crippen molar-refractivity contribution in [2.45, 2.75) is 59.3 Å². The van der Waals surface area contributed by atoms with Crippen LogP contribution >= 0.6 is 0 Å². The van der Waals surface area contributed by atoms with Gasteiger partial charge in [-0.15, -0.1) is 0 Å². The summed E-state index contributed by atoms with van der Waals surface area (Å²) < 4.78 is 0. The van der Waals surface area contributed by atoms with Gasteiger partial charge in [0.05, 0.1) is 0 Å². The van der Waals surface area contributed by atoms with Gasteiger partial charge in [-0.05, 0) is 36.3 Å². The fraction of sp³-hybridized carbons (Fsp3) is 0.600. The number of benzene rings is 1. The van der Waals surface area contributed by atoms with Crippen LogP contribution in [0.2, 0.25) is 0 Å². The Morgan fingerprint density at radius 3 is 2.19 bits per heavy atom. The Kier molecular flexibility index (Phi) is 4.40. The molecule has 0 aromatic heterocycles. The Labute approximate surface area is 99.5 Å². The third-order valence-corrected chi connectivity index (χ3v) is 3.19. The quantitative estimate of drug-likeness (QED) is 0.778. The van der Waals surface area contributed by atoms with Crippen LogP contribution in [-0.4, -0.2) is 5.11 Å². The first-order chi connectivity index (χ1) is 7.47. The van der Waals surface area contributed by atoms with E-state index >= 15 is 0 Å². The molecule has 1 rings (SSSR count). The van der Waals surface area contributed by atoms with Gasteiger partial charge >= 0.3 is 0 Å². The van der Waals surface area contributed by atoms with Gasteiger partial charge in [0.2, 0.25) is 0 Å². The lowest BCUT2D eigenvalue weighted by molar-refractivity contribution is 0.450. The maximum absolute atomic E-state index is 10.3. The molecule has 1 nitrogen and oxygen atoms in total. The normalized spacial score (nSPS) is 13.1. The smallest absolute Gasteiger partial charge is 0.122 e. The van der Waals surface area contributed by atoms with Crippen LogP contribution in [0.15, 0.2) is 12.1 Å². The number of rotatable bonds is 4. The number of phenolic OH excluding ortho intramolecular Hbond substituents is 1. The molecule has 0 aliphatic rings. The summed E-state index contributed by atoms with van der Waals surface area (Å²) in [5, 5.41) is 10.3. The summed E-state index contributed by atoms with van der Waals surface area (Å²) in [7, 11) is 0. The highest BCUT2D eigenvalue weighted by atomic mass is 16.3. The van der Waals surface area contributed by atoms with Crippen molar-refractivity contribution in [1.82, 2.24) is 0 Å². The molecule has 0 spiro atoms. The van der Waals surface area contributed by atoms with Crippen molar-refractivity contribution >= 4 is 0 Å². The SMILES string of the molecule is CCCC(C)c1cc(C)cc(C(C)C)c1O. The molecule has 1 unspecified atom stereocenters. The average molecular weight is 220 g/mol. The fourth-order valence-corrected chi connectivity index (χ4v) is 2.24. The summed E-state index contributed by atoms with van der Waals surface area (Å²) in [6, 6.07) is 4.23. The topological polar surface area (TPSA) is 20.2 Å². The summed E-state index contributed by atoms with van der Waals surface area (Å²) in [5.41, 5.74) is 3.45. The molecule has 0 aliphatic heterocycles. The number of phenols is 1. The van der Waals surface area contributed by atoms with E-state index in [1.807, 2.05) is 0 Å². The molecule has 16 heavy (non-hydrogen) atoms. The molecule has 1 N–H and O–H groups in total. The Morgan fingerprint density at radius 1 is 1.12 bits per heavy atom. The van der Waals surface area contributed by atoms with Crippen LogP contribution in [-0.2, 0) is 0 Å². The summed E-state index contributed by atoms with van der Waals surface area (Å²) in [4.78, 5) is 0. The van der Waals surface area contributed by atoms with Crippen LogP contribution in [0.4, 0.5) is 0 Å². The van der Waals surface area contributed by atoms with Gasteiger partial charge in [-0.3, -0.25) is 0 Å². The van der Waals surface area contributed by atoms with E-state index in [-0.39, 0.29) is 0 Å². The van der Waals surface area contributed by atoms with Crippen LogP contribution in [0, 0.1) is 6.92 Å². The van der Waals surface area contributed by atoms with E-state index in [4.69, 9.17) is 0 Å². The van der Waals surface area contributed by atoms with Crippen molar-refractivity contribution in [3.63, 3.8) is 0 Å². The minimum atomic E-state index is 0.382. The van der Waals surface area contributed by atoms with Crippen LogP contribution in [0.3, 0.4) is 0 Å². The molecular weight excluding hydrogens is 196 g/mol. The molecule has 1 aromatic carbocycles. The molecule has 1 heteroatoms. The zero-order chi connectivity index (χ0) is 12.3. The van der Waals surface area contributed by atoms with E-state index in [9.17, 15) is 5.11 Å². The van der Waals surface area contributed by atoms with Gasteiger partial charge in [-0.25, -0.2) is 0 Å². The maximum Gasteiger partial charge on any atom is 0.122 e. The molecule has 0 radical (unpaired) electrons. The van der Waals surface area contributed by atoms with Crippen molar-refractivity contribution in [3.8, 4) is 5.75 Å². The second kappa shape index (κ2) is 5.38.